The van der Waals surface area contributed by atoms with E-state index in [2.05, 4.69) is 19.9 Å². The van der Waals surface area contributed by atoms with Crippen molar-refractivity contribution in [3.05, 3.63) is 46.1 Å². The van der Waals surface area contributed by atoms with Gasteiger partial charge >= 0.3 is 0 Å². The van der Waals surface area contributed by atoms with Crippen LogP contribution in [-0.4, -0.2) is 62.5 Å². The van der Waals surface area contributed by atoms with Crippen molar-refractivity contribution in [1.82, 2.24) is 9.71 Å². The van der Waals surface area contributed by atoms with Crippen LogP contribution < -0.4 is 4.72 Å². The summed E-state index contributed by atoms with van der Waals surface area (Å²) in [5.41, 5.74) is 1.13. The van der Waals surface area contributed by atoms with E-state index in [0.29, 0.717) is 16.8 Å². The Morgan fingerprint density at radius 2 is 1.74 bits per heavy atom. The second-order valence-electron chi connectivity index (χ2n) is 6.19. The predicted molar refractivity (Wildman–Crippen MR) is 120 cm³/mol. The van der Waals surface area contributed by atoms with Gasteiger partial charge in [-0.1, -0.05) is 42.3 Å². The molecular formula is C17H16Cl2N4NaO5S2. The fourth-order valence-electron chi connectivity index (χ4n) is 2.82. The van der Waals surface area contributed by atoms with Crippen molar-refractivity contribution < 1.29 is 21.4 Å². The van der Waals surface area contributed by atoms with Gasteiger partial charge in [-0.25, -0.2) is 13.1 Å². The number of para-hydroxylation sites is 1. The number of H-pyrrole nitrogens is 1. The summed E-state index contributed by atoms with van der Waals surface area (Å²) in [4.78, 5) is 2.40. The van der Waals surface area contributed by atoms with Gasteiger partial charge in [0.15, 0.2) is 0 Å². The van der Waals surface area contributed by atoms with Crippen LogP contribution in [0.1, 0.15) is 12.6 Å². The third kappa shape index (κ3) is 5.49. The van der Waals surface area contributed by atoms with Gasteiger partial charge in [0.25, 0.3) is 10.1 Å². The topological polar surface area (TPSA) is 141 Å². The van der Waals surface area contributed by atoms with Crippen LogP contribution in [0.3, 0.4) is 0 Å². The summed E-state index contributed by atoms with van der Waals surface area (Å²) < 4.78 is 59.3. The molecular weight excluding hydrogens is 498 g/mol. The van der Waals surface area contributed by atoms with Crippen molar-refractivity contribution in [2.24, 2.45) is 10.2 Å². The largest absolute Gasteiger partial charge is 0.356 e. The normalized spacial score (nSPS) is 12.4. The number of hydrogen-bond donors (Lipinski definition) is 3. The Hall–Kier alpha value is -1.02. The van der Waals surface area contributed by atoms with E-state index in [1.54, 1.807) is 19.9 Å². The van der Waals surface area contributed by atoms with Gasteiger partial charge in [0.05, 0.1) is 15.6 Å². The first-order valence-electron chi connectivity index (χ1n) is 8.45. The number of hydrogen-bond acceptors (Lipinski definition) is 6. The maximum Gasteiger partial charge on any atom is 0.296 e. The van der Waals surface area contributed by atoms with Crippen LogP contribution >= 0.6 is 23.2 Å². The zero-order chi connectivity index (χ0) is 22.3. The Morgan fingerprint density at radius 1 is 1.06 bits per heavy atom. The van der Waals surface area contributed by atoms with E-state index in [4.69, 9.17) is 23.2 Å². The molecule has 0 aliphatic rings. The molecule has 0 bridgehead atoms. The van der Waals surface area contributed by atoms with E-state index >= 15 is 0 Å². The minimum Gasteiger partial charge on any atom is -0.356 e. The average molecular weight is 514 g/mol. The third-order valence-electron chi connectivity index (χ3n) is 4.11. The van der Waals surface area contributed by atoms with Crippen LogP contribution in [0.5, 0.6) is 0 Å². The first-order valence-corrected chi connectivity index (χ1v) is 12.1. The summed E-state index contributed by atoms with van der Waals surface area (Å²) in [6, 6.07) is 6.78. The number of nitrogens with zero attached hydrogens (tertiary/aromatic N) is 2. The maximum atomic E-state index is 12.2. The van der Waals surface area contributed by atoms with Gasteiger partial charge in [-0.2, -0.15) is 8.42 Å². The molecule has 3 aromatic rings. The Labute approximate surface area is 211 Å². The van der Waals surface area contributed by atoms with Gasteiger partial charge < -0.3 is 4.98 Å². The number of aryl methyl sites for hydroxylation is 1. The Bertz CT molecular complexity index is 1390. The van der Waals surface area contributed by atoms with E-state index in [1.807, 2.05) is 0 Å². The summed E-state index contributed by atoms with van der Waals surface area (Å²) in [6.45, 7) is 3.47. The molecule has 14 heteroatoms. The number of rotatable bonds is 6. The molecule has 0 atom stereocenters. The fraction of sp³-hybridized carbons (Fsp3) is 0.176. The molecule has 2 aromatic carbocycles. The van der Waals surface area contributed by atoms with Crippen LogP contribution in [0.4, 0.5) is 11.4 Å². The molecule has 0 amide bonds. The van der Waals surface area contributed by atoms with Gasteiger partial charge in [0, 0.05) is 47.2 Å². The van der Waals surface area contributed by atoms with Crippen LogP contribution in [0.25, 0.3) is 10.9 Å². The molecule has 3 N–H and O–H groups in total. The number of azo groups is 1. The van der Waals surface area contributed by atoms with E-state index in [9.17, 15) is 21.4 Å². The van der Waals surface area contributed by atoms with Crippen LogP contribution in [0, 0.1) is 6.92 Å². The Balaban J connectivity index is 0.00000341. The number of nitrogens with one attached hydrogen (secondary N) is 2. The quantitative estimate of drug-likeness (QED) is 0.255. The molecule has 0 spiro atoms. The minimum absolute atomic E-state index is 0. The molecule has 0 aliphatic heterocycles. The Morgan fingerprint density at radius 3 is 2.35 bits per heavy atom. The number of benzene rings is 2. The van der Waals surface area contributed by atoms with Gasteiger partial charge in [-0.3, -0.25) is 4.55 Å². The van der Waals surface area contributed by atoms with E-state index < -0.39 is 20.1 Å². The predicted octanol–water partition coefficient (Wildman–Crippen LogP) is 4.36. The summed E-state index contributed by atoms with van der Waals surface area (Å²) in [6.07, 6.45) is 0. The van der Waals surface area contributed by atoms with E-state index in [-0.39, 0.29) is 67.1 Å². The zero-order valence-electron chi connectivity index (χ0n) is 16.6. The van der Waals surface area contributed by atoms with E-state index in [1.165, 1.54) is 24.3 Å². The van der Waals surface area contributed by atoms with Gasteiger partial charge in [-0.15, -0.1) is 10.2 Å². The van der Waals surface area contributed by atoms with Gasteiger partial charge in [0.2, 0.25) is 10.0 Å². The minimum atomic E-state index is -4.44. The number of aromatic amines is 1. The number of halogens is 2. The summed E-state index contributed by atoms with van der Waals surface area (Å²) in [5, 5.41) is 8.51. The first kappa shape index (κ1) is 26.2. The van der Waals surface area contributed by atoms with Crippen LogP contribution in [-0.2, 0) is 20.1 Å². The number of aromatic nitrogens is 1. The van der Waals surface area contributed by atoms with Crippen LogP contribution in [0.2, 0.25) is 10.0 Å². The number of fused-ring (bicyclic) bond motifs is 1. The second-order valence-corrected chi connectivity index (χ2v) is 10.1. The van der Waals surface area contributed by atoms with Crippen molar-refractivity contribution in [3.8, 4) is 0 Å². The average Bonchev–Trinajstić information content (AvgIpc) is 2.96. The maximum absolute atomic E-state index is 12.2. The van der Waals surface area contributed by atoms with Crippen molar-refractivity contribution in [2.45, 2.75) is 23.6 Å². The molecule has 0 aliphatic carbocycles. The molecule has 3 rings (SSSR count). The fourth-order valence-corrected chi connectivity index (χ4v) is 5.34. The molecule has 1 aromatic heterocycles. The first-order chi connectivity index (χ1) is 14.0. The molecule has 1 radical (unpaired) electrons. The smallest absolute Gasteiger partial charge is 0.296 e. The van der Waals surface area contributed by atoms with Gasteiger partial charge in [-0.05, 0) is 25.1 Å². The number of sulfonamides is 1. The molecule has 0 saturated heterocycles. The molecule has 161 valence electrons. The van der Waals surface area contributed by atoms with Crippen molar-refractivity contribution >= 4 is 95.2 Å². The molecule has 31 heavy (non-hydrogen) atoms. The molecule has 0 saturated carbocycles. The molecule has 9 nitrogen and oxygen atoms in total. The van der Waals surface area contributed by atoms with E-state index in [0.717, 1.165) is 0 Å². The zero-order valence-corrected chi connectivity index (χ0v) is 21.8. The summed E-state index contributed by atoms with van der Waals surface area (Å²) in [7, 11) is -8.26. The third-order valence-corrected chi connectivity index (χ3v) is 7.32. The second kappa shape index (κ2) is 9.86. The SMILES string of the molecule is CCNS(=O)(=O)c1cc(Cl)c(N=Nc2c(C)[nH]c3c(S(=O)(=O)O)cccc23)cc1Cl.[Na]. The monoisotopic (exact) mass is 513 g/mol. The van der Waals surface area contributed by atoms with Gasteiger partial charge in [0.1, 0.15) is 21.2 Å². The van der Waals surface area contributed by atoms with Crippen molar-refractivity contribution in [1.29, 1.82) is 0 Å². The van der Waals surface area contributed by atoms with Crippen LogP contribution in [0.15, 0.2) is 50.4 Å². The summed E-state index contributed by atoms with van der Waals surface area (Å²) >= 11 is 12.3. The van der Waals surface area contributed by atoms with Crippen molar-refractivity contribution in [3.63, 3.8) is 0 Å². The van der Waals surface area contributed by atoms with Crippen molar-refractivity contribution in [2.75, 3.05) is 6.54 Å². The standard InChI is InChI=1S/C17H16Cl2N4O5S2.Na/c1-3-20-29(24,25)15-8-11(18)13(7-12(15)19)22-23-16-9(2)21-17-10(16)5-4-6-14(17)30(26,27)28;/h4-8,20-21H,3H2,1-2H3,(H,26,27,28);. The summed E-state index contributed by atoms with van der Waals surface area (Å²) in [5.74, 6) is 0. The molecule has 0 fully saturated rings. The Kier molecular flexibility index (Phi) is 8.34. The molecule has 1 heterocycles. The molecule has 0 unspecified atom stereocenters.